The van der Waals surface area contributed by atoms with Crippen LogP contribution in [-0.4, -0.2) is 22.3 Å². The second kappa shape index (κ2) is 4.62. The molecule has 0 aromatic heterocycles. The zero-order chi connectivity index (χ0) is 16.6. The Hall–Kier alpha value is -0.830. The van der Waals surface area contributed by atoms with Crippen molar-refractivity contribution in [3.05, 3.63) is 11.6 Å². The van der Waals surface area contributed by atoms with E-state index in [4.69, 9.17) is 0 Å². The maximum atomic E-state index is 12.1. The number of carboxylic acids is 1. The van der Waals surface area contributed by atoms with Crippen LogP contribution >= 0.6 is 0 Å². The third kappa shape index (κ3) is 1.78. The average molecular weight is 318 g/mol. The number of allylic oxidation sites excluding steroid dienone is 1. The zero-order valence-corrected chi connectivity index (χ0v) is 14.6. The monoisotopic (exact) mass is 318 g/mol. The lowest BCUT2D eigenvalue weighted by Gasteiger charge is -2.64. The molecule has 4 aliphatic rings. The minimum atomic E-state index is -0.677. The van der Waals surface area contributed by atoms with Crippen molar-refractivity contribution in [1.29, 1.82) is 0 Å². The van der Waals surface area contributed by atoms with Crippen molar-refractivity contribution in [1.82, 2.24) is 0 Å². The second-order valence-corrected chi connectivity index (χ2v) is 9.42. The van der Waals surface area contributed by atoms with Gasteiger partial charge >= 0.3 is 5.97 Å². The van der Waals surface area contributed by atoms with Gasteiger partial charge in [0.2, 0.25) is 0 Å². The van der Waals surface area contributed by atoms with E-state index in [-0.39, 0.29) is 22.9 Å². The number of aliphatic carboxylic acids is 1. The molecule has 0 amide bonds. The highest BCUT2D eigenvalue weighted by atomic mass is 16.4. The van der Waals surface area contributed by atoms with Crippen LogP contribution in [-0.2, 0) is 4.79 Å². The van der Waals surface area contributed by atoms with Gasteiger partial charge in [-0.3, -0.25) is 4.79 Å². The van der Waals surface area contributed by atoms with E-state index in [0.717, 1.165) is 32.1 Å². The summed E-state index contributed by atoms with van der Waals surface area (Å²) in [7, 11) is 0. The largest absolute Gasteiger partial charge is 0.481 e. The molecule has 23 heavy (non-hydrogen) atoms. The summed E-state index contributed by atoms with van der Waals surface area (Å²) in [5.41, 5.74) is 0.764. The summed E-state index contributed by atoms with van der Waals surface area (Å²) in [6.07, 6.45) is 9.03. The molecule has 0 aromatic carbocycles. The molecule has 7 atom stereocenters. The Labute approximate surface area is 139 Å². The summed E-state index contributed by atoms with van der Waals surface area (Å²) in [5, 5.41) is 21.0. The first kappa shape index (κ1) is 15.7. The summed E-state index contributed by atoms with van der Waals surface area (Å²) in [4.78, 5) is 12.1. The van der Waals surface area contributed by atoms with E-state index in [9.17, 15) is 15.0 Å². The maximum absolute atomic E-state index is 12.1. The molecule has 3 fully saturated rings. The number of aliphatic hydroxyl groups excluding tert-OH is 1. The first-order valence-electron chi connectivity index (χ1n) is 9.35. The Morgan fingerprint density at radius 3 is 2.65 bits per heavy atom. The molecule has 4 rings (SSSR count). The molecule has 3 heteroatoms. The molecule has 2 bridgehead atoms. The Morgan fingerprint density at radius 1 is 1.22 bits per heavy atom. The Morgan fingerprint density at radius 2 is 1.96 bits per heavy atom. The standard InChI is InChI=1S/C20H30O3/c1-12-10-20-11-13(12)5-6-14(20)18(2)7-4-8-19(3,17(22)23)15(18)9-16(20)21/h10,13-16,21H,4-9,11H2,1-3H3,(H,22,23)/t13-,14-,15-,16+,18-,19+,20-/m0/s1. The van der Waals surface area contributed by atoms with Crippen LogP contribution < -0.4 is 0 Å². The average Bonchev–Trinajstić information content (AvgIpc) is 2.73. The molecular formula is C20H30O3. The molecule has 0 saturated heterocycles. The summed E-state index contributed by atoms with van der Waals surface area (Å²) in [6, 6.07) is 0. The topological polar surface area (TPSA) is 57.5 Å². The van der Waals surface area contributed by atoms with Gasteiger partial charge in [0.15, 0.2) is 0 Å². The molecule has 4 aliphatic carbocycles. The normalized spacial score (nSPS) is 54.9. The van der Waals surface area contributed by atoms with E-state index in [1.165, 1.54) is 12.0 Å². The minimum absolute atomic E-state index is 0.0523. The highest BCUT2D eigenvalue weighted by Crippen LogP contribution is 2.70. The molecule has 3 saturated carbocycles. The fraction of sp³-hybridized carbons (Fsp3) is 0.850. The van der Waals surface area contributed by atoms with Gasteiger partial charge in [-0.2, -0.15) is 0 Å². The van der Waals surface area contributed by atoms with E-state index in [1.54, 1.807) is 0 Å². The molecule has 128 valence electrons. The maximum Gasteiger partial charge on any atom is 0.309 e. The highest BCUT2D eigenvalue weighted by molar-refractivity contribution is 5.75. The van der Waals surface area contributed by atoms with Gasteiger partial charge in [-0.15, -0.1) is 0 Å². The summed E-state index contributed by atoms with van der Waals surface area (Å²) in [5.74, 6) is 0.521. The van der Waals surface area contributed by atoms with Gasteiger partial charge in [0.25, 0.3) is 0 Å². The second-order valence-electron chi connectivity index (χ2n) is 9.42. The molecular weight excluding hydrogens is 288 g/mol. The molecule has 2 N–H and O–H groups in total. The van der Waals surface area contributed by atoms with Gasteiger partial charge in [-0.05, 0) is 75.5 Å². The van der Waals surface area contributed by atoms with Crippen LogP contribution in [0.3, 0.4) is 0 Å². The minimum Gasteiger partial charge on any atom is -0.481 e. The van der Waals surface area contributed by atoms with Crippen LogP contribution in [0, 0.1) is 34.0 Å². The first-order valence-corrected chi connectivity index (χ1v) is 9.35. The molecule has 0 radical (unpaired) electrons. The van der Waals surface area contributed by atoms with Gasteiger partial charge < -0.3 is 10.2 Å². The van der Waals surface area contributed by atoms with Crippen LogP contribution in [0.25, 0.3) is 0 Å². The number of hydrogen-bond acceptors (Lipinski definition) is 2. The van der Waals surface area contributed by atoms with Gasteiger partial charge in [-0.1, -0.05) is 25.0 Å². The van der Waals surface area contributed by atoms with Crippen molar-refractivity contribution in [2.45, 2.75) is 71.8 Å². The number of rotatable bonds is 1. The lowest BCUT2D eigenvalue weighted by atomic mass is 9.40. The molecule has 3 nitrogen and oxygen atoms in total. The van der Waals surface area contributed by atoms with Gasteiger partial charge in [-0.25, -0.2) is 0 Å². The van der Waals surface area contributed by atoms with Crippen LogP contribution in [0.2, 0.25) is 0 Å². The number of fused-ring (bicyclic) bond motifs is 3. The van der Waals surface area contributed by atoms with E-state index < -0.39 is 11.4 Å². The first-order chi connectivity index (χ1) is 10.7. The molecule has 0 aromatic rings. The van der Waals surface area contributed by atoms with Gasteiger partial charge in [0, 0.05) is 5.41 Å². The number of carboxylic acid groups (broad SMARTS) is 1. The molecule has 0 unspecified atom stereocenters. The van der Waals surface area contributed by atoms with Gasteiger partial charge in [0.1, 0.15) is 0 Å². The predicted molar refractivity (Wildman–Crippen MR) is 88.8 cm³/mol. The van der Waals surface area contributed by atoms with E-state index in [0.29, 0.717) is 18.3 Å². The molecule has 1 spiro atoms. The summed E-state index contributed by atoms with van der Waals surface area (Å²) >= 11 is 0. The fourth-order valence-corrected chi connectivity index (χ4v) is 7.36. The van der Waals surface area contributed by atoms with Crippen molar-refractivity contribution in [3.8, 4) is 0 Å². The zero-order valence-electron chi connectivity index (χ0n) is 14.6. The predicted octanol–water partition coefficient (Wildman–Crippen LogP) is 4.01. The lowest BCUT2D eigenvalue weighted by molar-refractivity contribution is -0.199. The summed E-state index contributed by atoms with van der Waals surface area (Å²) in [6.45, 7) is 6.51. The third-order valence-electron chi connectivity index (χ3n) is 8.53. The van der Waals surface area contributed by atoms with Crippen molar-refractivity contribution < 1.29 is 15.0 Å². The Kier molecular flexibility index (Phi) is 3.15. The highest BCUT2D eigenvalue weighted by Gasteiger charge is 2.66. The number of carbonyl (C=O) groups is 1. The van der Waals surface area contributed by atoms with Crippen molar-refractivity contribution in [2.24, 2.45) is 34.0 Å². The van der Waals surface area contributed by atoms with Gasteiger partial charge in [0.05, 0.1) is 11.5 Å². The third-order valence-corrected chi connectivity index (χ3v) is 8.53. The van der Waals surface area contributed by atoms with Crippen molar-refractivity contribution in [2.75, 3.05) is 0 Å². The SMILES string of the molecule is CC1=C[C@]23C[C@@H]1CC[C@H]2[C@]1(C)CCC[C@@](C)(C(=O)O)[C@H]1C[C@H]3O. The van der Waals surface area contributed by atoms with Crippen molar-refractivity contribution >= 4 is 5.97 Å². The smallest absolute Gasteiger partial charge is 0.309 e. The van der Waals surface area contributed by atoms with E-state index >= 15 is 0 Å². The van der Waals surface area contributed by atoms with Crippen LogP contribution in [0.5, 0.6) is 0 Å². The number of aliphatic hydroxyl groups is 1. The fourth-order valence-electron chi connectivity index (χ4n) is 7.36. The lowest BCUT2D eigenvalue weighted by Crippen LogP contribution is -2.62. The Balaban J connectivity index is 1.81. The van der Waals surface area contributed by atoms with Crippen LogP contribution in [0.1, 0.15) is 65.7 Å². The molecule has 0 aliphatic heterocycles. The van der Waals surface area contributed by atoms with E-state index in [1.807, 2.05) is 6.92 Å². The summed E-state index contributed by atoms with van der Waals surface area (Å²) < 4.78 is 0. The van der Waals surface area contributed by atoms with Crippen LogP contribution in [0.15, 0.2) is 11.6 Å². The quantitative estimate of drug-likeness (QED) is 0.718. The number of hydrogen-bond donors (Lipinski definition) is 2. The van der Waals surface area contributed by atoms with E-state index in [2.05, 4.69) is 19.9 Å². The van der Waals surface area contributed by atoms with Crippen LogP contribution in [0.4, 0.5) is 0 Å². The Bertz CT molecular complexity index is 581. The van der Waals surface area contributed by atoms with Crippen molar-refractivity contribution in [3.63, 3.8) is 0 Å². The molecule has 0 heterocycles.